The standard InChI is InChI=1S/C33H44F2N2/c1-8-23(4)30(22(2)3)28-20-26(7)31(37-21-28)29(27-13-11-24(5)25(6)12-14-27)10-9-15-32(34)16-18-33(35,36)19-17-32/h10-14,20-21,24H,2,8-9,15-19,36H2,1,3-7H3/b29-10-,30-23+. The third-order valence-corrected chi connectivity index (χ3v) is 8.04. The summed E-state index contributed by atoms with van der Waals surface area (Å²) in [6.07, 6.45) is 15.0. The zero-order valence-corrected chi connectivity index (χ0v) is 23.6. The van der Waals surface area contributed by atoms with Crippen molar-refractivity contribution in [2.45, 2.75) is 97.9 Å². The number of hydrogen-bond donors (Lipinski definition) is 1. The first-order valence-electron chi connectivity index (χ1n) is 13.6. The minimum atomic E-state index is -1.73. The summed E-state index contributed by atoms with van der Waals surface area (Å²) in [6.45, 7) is 16.9. The van der Waals surface area contributed by atoms with E-state index in [1.807, 2.05) is 13.1 Å². The van der Waals surface area contributed by atoms with E-state index in [0.717, 1.165) is 45.5 Å². The summed E-state index contributed by atoms with van der Waals surface area (Å²) in [5.74, 6) is -1.39. The van der Waals surface area contributed by atoms with Crippen LogP contribution in [0.5, 0.6) is 0 Å². The molecule has 0 amide bonds. The summed E-state index contributed by atoms with van der Waals surface area (Å²) in [6, 6.07) is 2.18. The molecule has 1 unspecified atom stereocenters. The molecule has 2 N–H and O–H groups in total. The molecular formula is C33H44F2N2. The lowest BCUT2D eigenvalue weighted by Gasteiger charge is -2.35. The number of pyridine rings is 1. The van der Waals surface area contributed by atoms with Gasteiger partial charge in [0.25, 0.3) is 0 Å². The van der Waals surface area contributed by atoms with Crippen molar-refractivity contribution in [3.63, 3.8) is 0 Å². The molecule has 200 valence electrons. The second-order valence-electron chi connectivity index (χ2n) is 11.2. The lowest BCUT2D eigenvalue weighted by molar-refractivity contribution is 0.0120. The van der Waals surface area contributed by atoms with Crippen LogP contribution in [0.2, 0.25) is 0 Å². The Hall–Kier alpha value is -2.59. The Kier molecular flexibility index (Phi) is 9.28. The van der Waals surface area contributed by atoms with Crippen molar-refractivity contribution in [1.82, 2.24) is 4.98 Å². The highest BCUT2D eigenvalue weighted by Crippen LogP contribution is 2.40. The van der Waals surface area contributed by atoms with Crippen LogP contribution in [0.25, 0.3) is 11.1 Å². The third-order valence-electron chi connectivity index (χ3n) is 8.04. The molecule has 1 saturated carbocycles. The predicted octanol–water partition coefficient (Wildman–Crippen LogP) is 9.30. The highest BCUT2D eigenvalue weighted by atomic mass is 19.2. The second-order valence-corrected chi connectivity index (χ2v) is 11.2. The molecule has 1 heterocycles. The van der Waals surface area contributed by atoms with E-state index in [1.165, 1.54) is 11.1 Å². The van der Waals surface area contributed by atoms with E-state index in [-0.39, 0.29) is 25.7 Å². The van der Waals surface area contributed by atoms with E-state index in [2.05, 4.69) is 77.6 Å². The van der Waals surface area contributed by atoms with Crippen LogP contribution < -0.4 is 5.73 Å². The molecule has 1 aromatic rings. The van der Waals surface area contributed by atoms with Gasteiger partial charge in [-0.1, -0.05) is 67.5 Å². The second kappa shape index (κ2) is 11.9. The molecule has 0 saturated heterocycles. The number of nitrogens with zero attached hydrogens (tertiary/aromatic N) is 1. The Morgan fingerprint density at radius 2 is 1.84 bits per heavy atom. The summed E-state index contributed by atoms with van der Waals surface area (Å²) in [5, 5.41) is 0. The van der Waals surface area contributed by atoms with Crippen LogP contribution in [0.3, 0.4) is 0 Å². The number of aryl methyl sites for hydroxylation is 1. The molecule has 0 aromatic carbocycles. The van der Waals surface area contributed by atoms with Gasteiger partial charge in [0.15, 0.2) is 5.79 Å². The number of aromatic nitrogens is 1. The molecule has 4 heteroatoms. The fraction of sp³-hybridized carbons (Fsp3) is 0.485. The summed E-state index contributed by atoms with van der Waals surface area (Å²) < 4.78 is 29.5. The molecule has 0 bridgehead atoms. The Morgan fingerprint density at radius 3 is 2.43 bits per heavy atom. The monoisotopic (exact) mass is 506 g/mol. The van der Waals surface area contributed by atoms with Crippen LogP contribution in [0.15, 0.2) is 71.5 Å². The van der Waals surface area contributed by atoms with E-state index in [4.69, 9.17) is 10.7 Å². The van der Waals surface area contributed by atoms with Crippen LogP contribution >= 0.6 is 0 Å². The number of rotatable bonds is 8. The van der Waals surface area contributed by atoms with Crippen molar-refractivity contribution in [2.24, 2.45) is 11.7 Å². The van der Waals surface area contributed by atoms with Gasteiger partial charge in [-0.05, 0) is 101 Å². The largest absolute Gasteiger partial charge is 0.299 e. The predicted molar refractivity (Wildman–Crippen MR) is 154 cm³/mol. The molecule has 0 aliphatic heterocycles. The van der Waals surface area contributed by atoms with Gasteiger partial charge in [-0.15, -0.1) is 0 Å². The van der Waals surface area contributed by atoms with Crippen LogP contribution in [-0.4, -0.2) is 16.4 Å². The first-order valence-corrected chi connectivity index (χ1v) is 13.6. The molecular weight excluding hydrogens is 462 g/mol. The van der Waals surface area contributed by atoms with E-state index >= 15 is 4.39 Å². The Balaban J connectivity index is 1.99. The number of halogens is 2. The fourth-order valence-corrected chi connectivity index (χ4v) is 5.23. The lowest BCUT2D eigenvalue weighted by atomic mass is 9.79. The van der Waals surface area contributed by atoms with Crippen LogP contribution in [0.4, 0.5) is 8.78 Å². The average Bonchev–Trinajstić information content (AvgIpc) is 3.00. The molecule has 37 heavy (non-hydrogen) atoms. The van der Waals surface area contributed by atoms with Crippen molar-refractivity contribution in [3.05, 3.63) is 88.3 Å². The van der Waals surface area contributed by atoms with Crippen LogP contribution in [0, 0.1) is 12.8 Å². The smallest absolute Gasteiger partial charge is 0.159 e. The van der Waals surface area contributed by atoms with Crippen molar-refractivity contribution in [2.75, 3.05) is 0 Å². The topological polar surface area (TPSA) is 38.9 Å². The van der Waals surface area contributed by atoms with Crippen molar-refractivity contribution < 1.29 is 8.78 Å². The minimum absolute atomic E-state index is 0.0772. The first kappa shape index (κ1) is 29.0. The molecule has 1 atom stereocenters. The number of alkyl halides is 2. The first-order chi connectivity index (χ1) is 17.4. The summed E-state index contributed by atoms with van der Waals surface area (Å²) in [4.78, 5) is 4.95. The molecule has 1 fully saturated rings. The fourth-order valence-electron chi connectivity index (χ4n) is 5.23. The average molecular weight is 507 g/mol. The zero-order chi connectivity index (χ0) is 27.4. The van der Waals surface area contributed by atoms with Gasteiger partial charge in [0, 0.05) is 17.3 Å². The highest BCUT2D eigenvalue weighted by Gasteiger charge is 2.40. The Morgan fingerprint density at radius 1 is 1.16 bits per heavy atom. The third kappa shape index (κ3) is 7.25. The maximum Gasteiger partial charge on any atom is 0.159 e. The Bertz CT molecular complexity index is 1170. The van der Waals surface area contributed by atoms with Gasteiger partial charge in [0.2, 0.25) is 0 Å². The van der Waals surface area contributed by atoms with Crippen LogP contribution in [0.1, 0.15) is 96.4 Å². The van der Waals surface area contributed by atoms with E-state index < -0.39 is 11.5 Å². The van der Waals surface area contributed by atoms with Gasteiger partial charge >= 0.3 is 0 Å². The van der Waals surface area contributed by atoms with Gasteiger partial charge in [0.1, 0.15) is 5.67 Å². The zero-order valence-electron chi connectivity index (χ0n) is 23.6. The van der Waals surface area contributed by atoms with Gasteiger partial charge in [-0.25, -0.2) is 8.78 Å². The molecule has 3 rings (SSSR count). The highest BCUT2D eigenvalue weighted by molar-refractivity contribution is 5.84. The molecule has 2 aliphatic carbocycles. The normalized spacial score (nSPS) is 27.3. The van der Waals surface area contributed by atoms with Crippen LogP contribution in [-0.2, 0) is 0 Å². The lowest BCUT2D eigenvalue weighted by Crippen LogP contribution is -2.43. The SMILES string of the molecule is C=C(C)/C(=C(/C)CC)c1cnc(/C(=C\CCC2(F)CCC(N)(F)CC2)C2=CC=C(C)C(C)C=C2)c(C)c1. The summed E-state index contributed by atoms with van der Waals surface area (Å²) in [7, 11) is 0. The number of nitrogens with two attached hydrogens (primary N) is 1. The molecule has 1 aromatic heterocycles. The van der Waals surface area contributed by atoms with Gasteiger partial charge in [0.05, 0.1) is 5.69 Å². The number of hydrogen-bond acceptors (Lipinski definition) is 2. The molecule has 0 spiro atoms. The minimum Gasteiger partial charge on any atom is -0.299 e. The maximum atomic E-state index is 15.5. The molecule has 2 aliphatic rings. The van der Waals surface area contributed by atoms with Crippen molar-refractivity contribution >= 4 is 11.1 Å². The Labute approximate surface area is 222 Å². The van der Waals surface area contributed by atoms with E-state index in [9.17, 15) is 4.39 Å². The van der Waals surface area contributed by atoms with Gasteiger partial charge in [-0.3, -0.25) is 10.7 Å². The van der Waals surface area contributed by atoms with Crippen molar-refractivity contribution in [1.29, 1.82) is 0 Å². The van der Waals surface area contributed by atoms with E-state index in [1.54, 1.807) is 0 Å². The van der Waals surface area contributed by atoms with Gasteiger partial charge < -0.3 is 0 Å². The summed E-state index contributed by atoms with van der Waals surface area (Å²) >= 11 is 0. The summed E-state index contributed by atoms with van der Waals surface area (Å²) in [5.41, 5.74) is 14.1. The molecule has 0 radical (unpaired) electrons. The van der Waals surface area contributed by atoms with Gasteiger partial charge in [-0.2, -0.15) is 0 Å². The van der Waals surface area contributed by atoms with E-state index in [0.29, 0.717) is 18.8 Å². The maximum absolute atomic E-state index is 15.5. The molecule has 2 nitrogen and oxygen atoms in total. The van der Waals surface area contributed by atoms with Crippen molar-refractivity contribution in [3.8, 4) is 0 Å². The number of allylic oxidation sites excluding steroid dienone is 11. The quantitative estimate of drug-likeness (QED) is 0.282.